The molecule has 4 heteroatoms. The van der Waals surface area contributed by atoms with Gasteiger partial charge in [0.25, 0.3) is 0 Å². The zero-order chi connectivity index (χ0) is 8.41. The van der Waals surface area contributed by atoms with Gasteiger partial charge in [-0.1, -0.05) is 22.3 Å². The zero-order valence-corrected chi connectivity index (χ0v) is 9.82. The Balaban J connectivity index is -0.000000135. The summed E-state index contributed by atoms with van der Waals surface area (Å²) in [5.41, 5.74) is 0. The molecule has 0 unspecified atom stereocenters. The molecule has 0 rings (SSSR count). The predicted molar refractivity (Wildman–Crippen MR) is 69.2 cm³/mol. The van der Waals surface area contributed by atoms with E-state index in [0.717, 1.165) is 0 Å². The lowest BCUT2D eigenvalue weighted by Gasteiger charge is -2.34. The van der Waals surface area contributed by atoms with E-state index in [2.05, 4.69) is 26.2 Å². The third kappa shape index (κ3) is 5.62. The second-order valence-corrected chi connectivity index (χ2v) is 17.5. The highest BCUT2D eigenvalue weighted by Crippen LogP contribution is 2.19. The first kappa shape index (κ1) is 23.3. The minimum atomic E-state index is -1.49. The summed E-state index contributed by atoms with van der Waals surface area (Å²) in [5.74, 6) is 0. The lowest BCUT2D eigenvalue weighted by molar-refractivity contribution is 0.379. The van der Waals surface area contributed by atoms with E-state index in [1.807, 2.05) is 0 Å². The van der Waals surface area contributed by atoms with Crippen LogP contribution in [-0.4, -0.2) is 29.9 Å². The third-order valence-corrected chi connectivity index (χ3v) is 17.3. The van der Waals surface area contributed by atoms with Gasteiger partial charge in [-0.15, -0.1) is 0 Å². The summed E-state index contributed by atoms with van der Waals surface area (Å²) in [7, 11) is 0.607. The fraction of sp³-hybridized carbons (Fsp3) is 1.00. The van der Waals surface area contributed by atoms with Gasteiger partial charge in [-0.3, -0.25) is 0 Å². The van der Waals surface area contributed by atoms with Crippen LogP contribution in [0.2, 0.25) is 26.2 Å². The van der Waals surface area contributed by atoms with Crippen LogP contribution in [0.15, 0.2) is 0 Å². The van der Waals surface area contributed by atoms with Crippen molar-refractivity contribution in [2.45, 2.75) is 48.5 Å². The van der Waals surface area contributed by atoms with Gasteiger partial charge in [-0.05, 0) is 26.2 Å². The Morgan fingerprint density at radius 1 is 0.615 bits per heavy atom. The molecule has 0 spiro atoms. The average Bonchev–Trinajstić information content (AvgIpc) is 1.88. The minimum absolute atomic E-state index is 0. The van der Waals surface area contributed by atoms with Crippen LogP contribution in [-0.2, 0) is 8.85 Å². The van der Waals surface area contributed by atoms with Gasteiger partial charge < -0.3 is 8.85 Å². The number of hydrogen-bond donors (Lipinski definition) is 0. The highest BCUT2D eigenvalue weighted by Gasteiger charge is 2.43. The molecule has 86 valence electrons. The van der Waals surface area contributed by atoms with Crippen LogP contribution in [0.4, 0.5) is 0 Å². The van der Waals surface area contributed by atoms with E-state index in [1.54, 1.807) is 14.2 Å². The van der Waals surface area contributed by atoms with Crippen molar-refractivity contribution in [3.63, 3.8) is 0 Å². The fourth-order valence-electron chi connectivity index (χ4n) is 0.492. The summed E-state index contributed by atoms with van der Waals surface area (Å²) in [5, 5.41) is 0. The molecule has 0 N–H and O–H groups in total. The Kier molecular flexibility index (Phi) is 13.8. The van der Waals surface area contributed by atoms with Crippen LogP contribution < -0.4 is 0 Å². The van der Waals surface area contributed by atoms with Gasteiger partial charge >= 0.3 is 0 Å². The molecular formula is C9H30O2Si2. The van der Waals surface area contributed by atoms with Gasteiger partial charge in [-0.25, -0.2) is 0 Å². The quantitative estimate of drug-likeness (QED) is 0.684. The maximum absolute atomic E-state index is 5.47. The molecule has 0 fully saturated rings. The molecule has 0 aromatic rings. The van der Waals surface area contributed by atoms with Crippen molar-refractivity contribution in [1.29, 1.82) is 0 Å². The van der Waals surface area contributed by atoms with Gasteiger partial charge in [-0.2, -0.15) is 0 Å². The van der Waals surface area contributed by atoms with Gasteiger partial charge in [0.1, 0.15) is 0 Å². The Hall–Kier alpha value is 0.354. The van der Waals surface area contributed by atoms with Crippen molar-refractivity contribution in [3.8, 4) is 0 Å². The van der Waals surface area contributed by atoms with Crippen LogP contribution in [0.25, 0.3) is 0 Å². The molecule has 0 saturated carbocycles. The largest absolute Gasteiger partial charge is 0.420 e. The van der Waals surface area contributed by atoms with Crippen molar-refractivity contribution in [2.24, 2.45) is 0 Å². The Labute approximate surface area is 87.7 Å². The molecule has 0 aliphatic rings. The molecule has 0 bridgehead atoms. The Bertz CT molecular complexity index is 100. The summed E-state index contributed by atoms with van der Waals surface area (Å²) in [6, 6.07) is 0. The van der Waals surface area contributed by atoms with Crippen LogP contribution in [0.5, 0.6) is 0 Å². The first-order valence-electron chi connectivity index (χ1n) is 3.47. The second kappa shape index (κ2) is 7.73. The molecule has 0 radical (unpaired) electrons. The molecule has 13 heavy (non-hydrogen) atoms. The third-order valence-electron chi connectivity index (χ3n) is 2.47. The smallest absolute Gasteiger partial charge is 0.204 e. The lowest BCUT2D eigenvalue weighted by Crippen LogP contribution is -2.58. The van der Waals surface area contributed by atoms with Gasteiger partial charge in [0.2, 0.25) is 15.7 Å². The van der Waals surface area contributed by atoms with Crippen LogP contribution >= 0.6 is 0 Å². The molecule has 0 aliphatic carbocycles. The van der Waals surface area contributed by atoms with Gasteiger partial charge in [0.05, 0.1) is 0 Å². The zero-order valence-electron chi connectivity index (χ0n) is 7.82. The summed E-state index contributed by atoms with van der Waals surface area (Å²) in [6.45, 7) is 8.84. The summed E-state index contributed by atoms with van der Waals surface area (Å²) in [4.78, 5) is 0. The van der Waals surface area contributed by atoms with E-state index in [1.165, 1.54) is 0 Å². The van der Waals surface area contributed by atoms with Gasteiger partial charge in [0.15, 0.2) is 0 Å². The highest BCUT2D eigenvalue weighted by atomic mass is 29.3. The monoisotopic (exact) mass is 226 g/mol. The Morgan fingerprint density at radius 3 is 0.846 bits per heavy atom. The molecule has 0 atom stereocenters. The van der Waals surface area contributed by atoms with E-state index in [4.69, 9.17) is 8.85 Å². The van der Waals surface area contributed by atoms with Crippen molar-refractivity contribution in [1.82, 2.24) is 0 Å². The highest BCUT2D eigenvalue weighted by molar-refractivity contribution is 7.35. The van der Waals surface area contributed by atoms with Crippen LogP contribution in [0, 0.1) is 0 Å². The van der Waals surface area contributed by atoms with Crippen LogP contribution in [0.1, 0.15) is 22.3 Å². The fourth-order valence-corrected chi connectivity index (χ4v) is 4.42. The lowest BCUT2D eigenvalue weighted by atomic mass is 11.8. The molecule has 0 aromatic carbocycles. The molecule has 0 aliphatic heterocycles. The molecule has 0 heterocycles. The van der Waals surface area contributed by atoms with Gasteiger partial charge in [0, 0.05) is 14.2 Å². The molecule has 0 saturated heterocycles. The second-order valence-electron chi connectivity index (χ2n) is 3.43. The maximum atomic E-state index is 5.47. The van der Waals surface area contributed by atoms with E-state index in [-0.39, 0.29) is 22.3 Å². The number of rotatable bonds is 3. The van der Waals surface area contributed by atoms with E-state index in [9.17, 15) is 0 Å². The van der Waals surface area contributed by atoms with Crippen molar-refractivity contribution >= 4 is 15.7 Å². The number of hydrogen-bond acceptors (Lipinski definition) is 2. The average molecular weight is 227 g/mol. The van der Waals surface area contributed by atoms with E-state index < -0.39 is 15.7 Å². The molecule has 0 aromatic heterocycles. The van der Waals surface area contributed by atoms with E-state index >= 15 is 0 Å². The first-order chi connectivity index (χ1) is 4.37. The van der Waals surface area contributed by atoms with E-state index in [0.29, 0.717) is 0 Å². The van der Waals surface area contributed by atoms with Crippen molar-refractivity contribution in [3.05, 3.63) is 0 Å². The summed E-state index contributed by atoms with van der Waals surface area (Å²) >= 11 is 0. The SMILES string of the molecule is C.C.C.CO[Si](C)(C)[Si](C)(C)OC. The van der Waals surface area contributed by atoms with Crippen molar-refractivity contribution < 1.29 is 8.85 Å². The molecule has 2 nitrogen and oxygen atoms in total. The molecule has 0 amide bonds. The van der Waals surface area contributed by atoms with Crippen molar-refractivity contribution in [2.75, 3.05) is 14.2 Å². The summed E-state index contributed by atoms with van der Waals surface area (Å²) in [6.07, 6.45) is 0. The molecular weight excluding hydrogens is 196 g/mol. The standard InChI is InChI=1S/C6H18O2Si2.3CH4/c1-7-9(3,4)10(5,6)8-2;;;/h1-6H3;3*1H4. The van der Waals surface area contributed by atoms with Crippen LogP contribution in [0.3, 0.4) is 0 Å². The maximum Gasteiger partial charge on any atom is 0.204 e. The normalized spacial score (nSPS) is 10.6. The first-order valence-corrected chi connectivity index (χ1v) is 10.3. The predicted octanol–water partition coefficient (Wildman–Crippen LogP) is 3.68. The topological polar surface area (TPSA) is 18.5 Å². The Morgan fingerprint density at radius 2 is 0.769 bits per heavy atom. The summed E-state index contributed by atoms with van der Waals surface area (Å²) < 4.78 is 10.9. The minimum Gasteiger partial charge on any atom is -0.420 e.